The third-order valence-corrected chi connectivity index (χ3v) is 7.41. The van der Waals surface area contributed by atoms with Crippen LogP contribution in [0.4, 0.5) is 5.69 Å². The van der Waals surface area contributed by atoms with Crippen molar-refractivity contribution in [1.82, 2.24) is 19.4 Å². The second-order valence-electron chi connectivity index (χ2n) is 8.28. The number of carbonyl (C=O) groups excluding carboxylic acids is 1. The van der Waals surface area contributed by atoms with Gasteiger partial charge in [-0.05, 0) is 36.6 Å². The summed E-state index contributed by atoms with van der Waals surface area (Å²) < 4.78 is 2.52. The number of likely N-dealkylation sites (N-methyl/N-ethyl adjacent to an activating group) is 1. The first-order valence-corrected chi connectivity index (χ1v) is 11.4. The van der Waals surface area contributed by atoms with Gasteiger partial charge in [-0.1, -0.05) is 30.4 Å². The minimum absolute atomic E-state index is 0.00234. The van der Waals surface area contributed by atoms with Gasteiger partial charge in [0.15, 0.2) is 0 Å². The number of rotatable bonds is 4. The van der Waals surface area contributed by atoms with Crippen LogP contribution in [0.25, 0.3) is 21.3 Å². The lowest BCUT2D eigenvalue weighted by Crippen LogP contribution is -2.53. The van der Waals surface area contributed by atoms with E-state index in [0.29, 0.717) is 12.5 Å². The van der Waals surface area contributed by atoms with Gasteiger partial charge in [-0.25, -0.2) is 4.98 Å². The molecule has 0 saturated carbocycles. The highest BCUT2D eigenvalue weighted by Crippen LogP contribution is 2.30. The van der Waals surface area contributed by atoms with E-state index in [0.717, 1.165) is 39.9 Å². The third-order valence-electron chi connectivity index (χ3n) is 6.45. The minimum atomic E-state index is -0.0831. The van der Waals surface area contributed by atoms with Gasteiger partial charge in [-0.3, -0.25) is 14.2 Å². The van der Waals surface area contributed by atoms with Crippen molar-refractivity contribution in [3.05, 3.63) is 58.5 Å². The van der Waals surface area contributed by atoms with Gasteiger partial charge in [-0.2, -0.15) is 0 Å². The number of thiazole rings is 1. The van der Waals surface area contributed by atoms with Crippen molar-refractivity contribution in [2.75, 3.05) is 25.0 Å². The number of hydrogen-bond acceptors (Lipinski definition) is 5. The highest BCUT2D eigenvalue weighted by molar-refractivity contribution is 7.16. The molecule has 8 heteroatoms. The summed E-state index contributed by atoms with van der Waals surface area (Å²) >= 11 is 1.19. The Kier molecular flexibility index (Phi) is 5.02. The van der Waals surface area contributed by atoms with Crippen molar-refractivity contribution < 1.29 is 4.79 Å². The molecule has 1 aromatic carbocycles. The number of hydrogen-bond donors (Lipinski definition) is 1. The maximum absolute atomic E-state index is 13.2. The van der Waals surface area contributed by atoms with E-state index in [1.54, 1.807) is 4.57 Å². The minimum Gasteiger partial charge on any atom is -0.369 e. The zero-order chi connectivity index (χ0) is 21.5. The van der Waals surface area contributed by atoms with E-state index < -0.39 is 0 Å². The number of aromatic nitrogens is 3. The first kappa shape index (κ1) is 19.8. The lowest BCUT2D eigenvalue weighted by atomic mass is 9.91. The van der Waals surface area contributed by atoms with Gasteiger partial charge >= 0.3 is 4.87 Å². The van der Waals surface area contributed by atoms with Gasteiger partial charge in [0.25, 0.3) is 0 Å². The highest BCUT2D eigenvalue weighted by Gasteiger charge is 2.32. The fourth-order valence-electron chi connectivity index (χ4n) is 4.61. The zero-order valence-electron chi connectivity index (χ0n) is 17.6. The van der Waals surface area contributed by atoms with Gasteiger partial charge in [-0.15, -0.1) is 0 Å². The quantitative estimate of drug-likeness (QED) is 0.534. The van der Waals surface area contributed by atoms with Crippen LogP contribution in [0.3, 0.4) is 0 Å². The molecule has 7 nitrogen and oxygen atoms in total. The molecular weight excluding hydrogens is 410 g/mol. The molecule has 1 unspecified atom stereocenters. The Morgan fingerprint density at radius 2 is 2.13 bits per heavy atom. The largest absolute Gasteiger partial charge is 0.369 e. The molecule has 0 radical (unpaired) electrons. The molecule has 1 saturated heterocycles. The van der Waals surface area contributed by atoms with Crippen LogP contribution in [0.2, 0.25) is 0 Å². The smallest absolute Gasteiger partial charge is 0.308 e. The van der Waals surface area contributed by atoms with Crippen molar-refractivity contribution in [3.63, 3.8) is 0 Å². The van der Waals surface area contributed by atoms with E-state index in [9.17, 15) is 9.59 Å². The Bertz CT molecular complexity index is 1310. The monoisotopic (exact) mass is 435 g/mol. The standard InChI is InChI=1S/C23H25N5O2S/c1-15-9-12-27(21(29)14-28-18-5-3-4-6-20(18)31-23(28)30)13-19(15)26(2)17-8-11-25-22-16(17)7-10-24-22/h3-8,10-11,15,19H,9,12-14H2,1-2H3,(H,24,25)/t15-,19?/m1/s1. The first-order chi connectivity index (χ1) is 15.0. The maximum Gasteiger partial charge on any atom is 0.308 e. The zero-order valence-corrected chi connectivity index (χ0v) is 18.4. The first-order valence-electron chi connectivity index (χ1n) is 10.5. The van der Waals surface area contributed by atoms with Crippen molar-refractivity contribution in [2.24, 2.45) is 5.92 Å². The van der Waals surface area contributed by atoms with E-state index in [4.69, 9.17) is 0 Å². The van der Waals surface area contributed by atoms with Gasteiger partial charge in [0.1, 0.15) is 12.2 Å². The summed E-state index contributed by atoms with van der Waals surface area (Å²) in [7, 11) is 2.09. The number of nitrogens with zero attached hydrogens (tertiary/aromatic N) is 4. The van der Waals surface area contributed by atoms with Crippen LogP contribution in [0, 0.1) is 5.92 Å². The lowest BCUT2D eigenvalue weighted by molar-refractivity contribution is -0.133. The van der Waals surface area contributed by atoms with Gasteiger partial charge in [0.05, 0.1) is 10.2 Å². The average Bonchev–Trinajstić information content (AvgIpc) is 3.38. The number of anilines is 1. The SMILES string of the molecule is C[C@@H]1CCN(C(=O)Cn2c(=O)sc3ccccc32)CC1N(C)c1ccnc2[nH]ccc12. The summed E-state index contributed by atoms with van der Waals surface area (Å²) in [6.07, 6.45) is 4.65. The Morgan fingerprint density at radius 1 is 1.29 bits per heavy atom. The second-order valence-corrected chi connectivity index (χ2v) is 9.27. The van der Waals surface area contributed by atoms with E-state index in [1.165, 1.54) is 11.3 Å². The van der Waals surface area contributed by atoms with E-state index in [1.807, 2.05) is 53.7 Å². The molecule has 0 spiro atoms. The Balaban J connectivity index is 1.37. The molecule has 1 amide bonds. The maximum atomic E-state index is 13.2. The number of pyridine rings is 1. The molecule has 31 heavy (non-hydrogen) atoms. The number of piperidine rings is 1. The Labute approximate surface area is 183 Å². The molecule has 3 aromatic heterocycles. The lowest BCUT2D eigenvalue weighted by Gasteiger charge is -2.42. The summed E-state index contributed by atoms with van der Waals surface area (Å²) in [6, 6.07) is 11.9. The van der Waals surface area contributed by atoms with Crippen molar-refractivity contribution >= 4 is 44.2 Å². The fourth-order valence-corrected chi connectivity index (χ4v) is 5.50. The highest BCUT2D eigenvalue weighted by atomic mass is 32.1. The molecule has 160 valence electrons. The summed E-state index contributed by atoms with van der Waals surface area (Å²) in [5, 5.41) is 1.08. The fraction of sp³-hybridized carbons (Fsp3) is 0.348. The molecule has 0 aliphatic carbocycles. The van der Waals surface area contributed by atoms with Crippen LogP contribution >= 0.6 is 11.3 Å². The predicted octanol–water partition coefficient (Wildman–Crippen LogP) is 3.31. The van der Waals surface area contributed by atoms with Crippen molar-refractivity contribution in [1.29, 1.82) is 0 Å². The van der Waals surface area contributed by atoms with E-state index in [2.05, 4.69) is 28.8 Å². The molecule has 1 N–H and O–H groups in total. The van der Waals surface area contributed by atoms with E-state index >= 15 is 0 Å². The molecule has 5 rings (SSSR count). The van der Waals surface area contributed by atoms with Gasteiger partial charge < -0.3 is 14.8 Å². The molecule has 1 fully saturated rings. The molecule has 4 heterocycles. The average molecular weight is 436 g/mol. The summed E-state index contributed by atoms with van der Waals surface area (Å²) in [5.74, 6) is 0.443. The molecule has 0 bridgehead atoms. The summed E-state index contributed by atoms with van der Waals surface area (Å²) in [5.41, 5.74) is 2.80. The van der Waals surface area contributed by atoms with Gasteiger partial charge in [0, 0.05) is 49.6 Å². The number of fused-ring (bicyclic) bond motifs is 2. The number of aromatic amines is 1. The molecular formula is C23H25N5O2S. The van der Waals surface area contributed by atoms with Crippen LogP contribution in [0.15, 0.2) is 53.6 Å². The normalized spacial score (nSPS) is 19.2. The number of benzene rings is 1. The van der Waals surface area contributed by atoms with Crippen LogP contribution in [0.1, 0.15) is 13.3 Å². The summed E-state index contributed by atoms with van der Waals surface area (Å²) in [6.45, 7) is 3.69. The molecule has 4 aromatic rings. The van der Waals surface area contributed by atoms with E-state index in [-0.39, 0.29) is 23.4 Å². The Hall–Kier alpha value is -3.13. The van der Waals surface area contributed by atoms with Crippen LogP contribution in [-0.4, -0.2) is 51.5 Å². The number of H-pyrrole nitrogens is 1. The van der Waals surface area contributed by atoms with Crippen LogP contribution < -0.4 is 9.77 Å². The van der Waals surface area contributed by atoms with Crippen molar-refractivity contribution in [3.8, 4) is 0 Å². The Morgan fingerprint density at radius 3 is 3.00 bits per heavy atom. The summed E-state index contributed by atoms with van der Waals surface area (Å²) in [4.78, 5) is 37.3. The number of amides is 1. The predicted molar refractivity (Wildman–Crippen MR) is 125 cm³/mol. The number of nitrogens with one attached hydrogen (secondary N) is 1. The second kappa shape index (κ2) is 7.85. The number of carbonyl (C=O) groups is 1. The molecule has 1 aliphatic heterocycles. The van der Waals surface area contributed by atoms with Crippen molar-refractivity contribution in [2.45, 2.75) is 25.9 Å². The molecule has 2 atom stereocenters. The number of para-hydroxylation sites is 1. The molecule has 1 aliphatic rings. The third kappa shape index (κ3) is 3.50. The number of likely N-dealkylation sites (tertiary alicyclic amines) is 1. The van der Waals surface area contributed by atoms with Gasteiger partial charge in [0.2, 0.25) is 5.91 Å². The van der Waals surface area contributed by atoms with Crippen LogP contribution in [-0.2, 0) is 11.3 Å². The van der Waals surface area contributed by atoms with Crippen LogP contribution in [0.5, 0.6) is 0 Å². The topological polar surface area (TPSA) is 74.2 Å².